The second kappa shape index (κ2) is 7.36. The van der Waals surface area contributed by atoms with E-state index in [-0.39, 0.29) is 10.6 Å². The summed E-state index contributed by atoms with van der Waals surface area (Å²) in [6, 6.07) is 10.2. The van der Waals surface area contributed by atoms with Crippen molar-refractivity contribution in [3.05, 3.63) is 57.9 Å². The molecule has 0 radical (unpaired) electrons. The molecule has 0 saturated carbocycles. The van der Waals surface area contributed by atoms with Crippen LogP contribution in [0.5, 0.6) is 5.75 Å². The molecule has 6 nitrogen and oxygen atoms in total. The van der Waals surface area contributed by atoms with Crippen LogP contribution in [0.3, 0.4) is 0 Å². The number of benzene rings is 2. The summed E-state index contributed by atoms with van der Waals surface area (Å²) < 4.78 is 40.1. The summed E-state index contributed by atoms with van der Waals surface area (Å²) in [6.07, 6.45) is 0. The van der Waals surface area contributed by atoms with Crippen LogP contribution in [-0.4, -0.2) is 20.7 Å². The molecular weight excluding hydrogens is 432 g/mol. The van der Waals surface area contributed by atoms with Crippen molar-refractivity contribution in [2.24, 2.45) is 0 Å². The van der Waals surface area contributed by atoms with Crippen molar-refractivity contribution in [2.45, 2.75) is 25.7 Å². The summed E-state index contributed by atoms with van der Waals surface area (Å²) in [4.78, 5) is 0.0445. The Kier molecular flexibility index (Phi) is 5.30. The zero-order chi connectivity index (χ0) is 19.8. The van der Waals surface area contributed by atoms with Gasteiger partial charge >= 0.3 is 0 Å². The third-order valence-electron chi connectivity index (χ3n) is 4.19. The van der Waals surface area contributed by atoms with Crippen LogP contribution in [0.2, 0.25) is 0 Å². The maximum Gasteiger partial charge on any atom is 0.265 e. The number of nitrogens with one attached hydrogen (secondary N) is 1. The number of hydrogen-bond donors (Lipinski definition) is 1. The highest BCUT2D eigenvalue weighted by Gasteiger charge is 2.22. The van der Waals surface area contributed by atoms with E-state index in [1.165, 1.54) is 7.11 Å². The van der Waals surface area contributed by atoms with Crippen molar-refractivity contribution in [2.75, 3.05) is 11.8 Å². The first-order chi connectivity index (χ1) is 12.7. The monoisotopic (exact) mass is 450 g/mol. The van der Waals surface area contributed by atoms with Crippen LogP contribution >= 0.6 is 15.9 Å². The van der Waals surface area contributed by atoms with Crippen LogP contribution in [0, 0.1) is 20.8 Å². The highest BCUT2D eigenvalue weighted by molar-refractivity contribution is 9.10. The zero-order valence-corrected chi connectivity index (χ0v) is 17.7. The first-order valence-corrected chi connectivity index (χ1v) is 10.4. The standard InChI is InChI=1S/C19H19BrN2O4S/c1-11-9-15(6-7-16(11)20)22-27(23,24)18-10-14(5-8-17(18)25-4)19-12(2)21-26-13(19)3/h5-10,22H,1-4H3. The van der Waals surface area contributed by atoms with E-state index in [0.29, 0.717) is 22.7 Å². The normalized spacial score (nSPS) is 11.4. The molecule has 0 spiro atoms. The van der Waals surface area contributed by atoms with Gasteiger partial charge in [-0.3, -0.25) is 4.72 Å². The Hall–Kier alpha value is -2.32. The highest BCUT2D eigenvalue weighted by atomic mass is 79.9. The predicted molar refractivity (Wildman–Crippen MR) is 108 cm³/mol. The fourth-order valence-electron chi connectivity index (χ4n) is 2.86. The van der Waals surface area contributed by atoms with Gasteiger partial charge in [0.1, 0.15) is 16.4 Å². The van der Waals surface area contributed by atoms with Crippen molar-refractivity contribution in [1.29, 1.82) is 0 Å². The zero-order valence-electron chi connectivity index (χ0n) is 15.3. The number of aryl methyl sites for hydroxylation is 3. The van der Waals surface area contributed by atoms with Crippen LogP contribution in [0.4, 0.5) is 5.69 Å². The molecule has 27 heavy (non-hydrogen) atoms. The molecule has 0 aliphatic carbocycles. The largest absolute Gasteiger partial charge is 0.495 e. The van der Waals surface area contributed by atoms with Gasteiger partial charge in [0.05, 0.1) is 12.8 Å². The number of halogens is 1. The van der Waals surface area contributed by atoms with Crippen LogP contribution in [0.15, 0.2) is 50.3 Å². The van der Waals surface area contributed by atoms with E-state index in [4.69, 9.17) is 9.26 Å². The smallest absolute Gasteiger partial charge is 0.265 e. The van der Waals surface area contributed by atoms with E-state index in [1.54, 1.807) is 43.3 Å². The SMILES string of the molecule is COc1ccc(-c2c(C)noc2C)cc1S(=O)(=O)Nc1ccc(Br)c(C)c1. The molecule has 1 N–H and O–H groups in total. The Morgan fingerprint density at radius 1 is 1.11 bits per heavy atom. The fraction of sp³-hybridized carbons (Fsp3) is 0.211. The van der Waals surface area contributed by atoms with E-state index >= 15 is 0 Å². The number of rotatable bonds is 5. The average molecular weight is 451 g/mol. The lowest BCUT2D eigenvalue weighted by molar-refractivity contribution is 0.393. The van der Waals surface area contributed by atoms with Crippen LogP contribution in [-0.2, 0) is 10.0 Å². The number of aromatic nitrogens is 1. The van der Waals surface area contributed by atoms with E-state index in [0.717, 1.165) is 15.6 Å². The van der Waals surface area contributed by atoms with Crippen LogP contribution < -0.4 is 9.46 Å². The first-order valence-electron chi connectivity index (χ1n) is 8.13. The van der Waals surface area contributed by atoms with Gasteiger partial charge in [-0.15, -0.1) is 0 Å². The molecule has 0 bridgehead atoms. The molecule has 0 fully saturated rings. The summed E-state index contributed by atoms with van der Waals surface area (Å²) in [5, 5.41) is 3.94. The van der Waals surface area contributed by atoms with Gasteiger partial charge in [-0.2, -0.15) is 0 Å². The van der Waals surface area contributed by atoms with Crippen molar-refractivity contribution in [3.63, 3.8) is 0 Å². The number of sulfonamides is 1. The molecule has 0 aliphatic rings. The lowest BCUT2D eigenvalue weighted by Crippen LogP contribution is -2.14. The lowest BCUT2D eigenvalue weighted by atomic mass is 10.0. The Balaban J connectivity index is 2.08. The molecule has 0 atom stereocenters. The lowest BCUT2D eigenvalue weighted by Gasteiger charge is -2.14. The molecule has 3 aromatic rings. The fourth-order valence-corrected chi connectivity index (χ4v) is 4.35. The first kappa shape index (κ1) is 19.4. The van der Waals surface area contributed by atoms with Gasteiger partial charge in [-0.25, -0.2) is 8.42 Å². The van der Waals surface area contributed by atoms with Gasteiger partial charge in [-0.05, 0) is 62.2 Å². The van der Waals surface area contributed by atoms with Crippen molar-refractivity contribution in [3.8, 4) is 16.9 Å². The Morgan fingerprint density at radius 2 is 1.85 bits per heavy atom. The molecule has 0 saturated heterocycles. The quantitative estimate of drug-likeness (QED) is 0.601. The van der Waals surface area contributed by atoms with Gasteiger partial charge in [-0.1, -0.05) is 27.2 Å². The Morgan fingerprint density at radius 3 is 2.44 bits per heavy atom. The van der Waals surface area contributed by atoms with Crippen LogP contribution in [0.1, 0.15) is 17.0 Å². The summed E-state index contributed by atoms with van der Waals surface area (Å²) in [5.74, 6) is 0.879. The number of hydrogen-bond acceptors (Lipinski definition) is 5. The number of nitrogens with zero attached hydrogens (tertiary/aromatic N) is 1. The van der Waals surface area contributed by atoms with Gasteiger partial charge in [0.2, 0.25) is 0 Å². The molecule has 3 rings (SSSR count). The van der Waals surface area contributed by atoms with Gasteiger partial charge in [0.25, 0.3) is 10.0 Å². The molecule has 0 aliphatic heterocycles. The summed E-state index contributed by atoms with van der Waals surface area (Å²) in [6.45, 7) is 5.49. The van der Waals surface area contributed by atoms with E-state index in [9.17, 15) is 8.42 Å². The topological polar surface area (TPSA) is 81.4 Å². The molecular formula is C19H19BrN2O4S. The number of anilines is 1. The summed E-state index contributed by atoms with van der Waals surface area (Å²) in [5.41, 5.74) is 3.55. The molecule has 1 heterocycles. The molecule has 8 heteroatoms. The molecule has 142 valence electrons. The van der Waals surface area contributed by atoms with Gasteiger partial charge in [0, 0.05) is 15.7 Å². The molecule has 0 amide bonds. The van der Waals surface area contributed by atoms with Crippen LogP contribution in [0.25, 0.3) is 11.1 Å². The minimum atomic E-state index is -3.87. The van der Waals surface area contributed by atoms with Crippen molar-refractivity contribution in [1.82, 2.24) is 5.16 Å². The van der Waals surface area contributed by atoms with E-state index in [2.05, 4.69) is 25.8 Å². The average Bonchev–Trinajstić information content (AvgIpc) is 2.96. The third-order valence-corrected chi connectivity index (χ3v) is 6.48. The highest BCUT2D eigenvalue weighted by Crippen LogP contribution is 2.34. The van der Waals surface area contributed by atoms with Gasteiger partial charge < -0.3 is 9.26 Å². The Bertz CT molecular complexity index is 1090. The minimum absolute atomic E-state index is 0.0445. The predicted octanol–water partition coefficient (Wildman–Crippen LogP) is 4.84. The molecule has 1 aromatic heterocycles. The second-order valence-electron chi connectivity index (χ2n) is 6.13. The molecule has 2 aromatic carbocycles. The number of ether oxygens (including phenoxy) is 1. The van der Waals surface area contributed by atoms with E-state index < -0.39 is 10.0 Å². The number of methoxy groups -OCH3 is 1. The third kappa shape index (κ3) is 3.86. The Labute approximate surface area is 166 Å². The van der Waals surface area contributed by atoms with E-state index in [1.807, 2.05) is 13.8 Å². The second-order valence-corrected chi connectivity index (χ2v) is 8.64. The van der Waals surface area contributed by atoms with Crippen molar-refractivity contribution < 1.29 is 17.7 Å². The maximum absolute atomic E-state index is 13.0. The minimum Gasteiger partial charge on any atom is -0.495 e. The van der Waals surface area contributed by atoms with Crippen molar-refractivity contribution >= 4 is 31.6 Å². The summed E-state index contributed by atoms with van der Waals surface area (Å²) >= 11 is 3.41. The maximum atomic E-state index is 13.0. The van der Waals surface area contributed by atoms with Gasteiger partial charge in [0.15, 0.2) is 0 Å². The molecule has 0 unspecified atom stereocenters. The summed E-state index contributed by atoms with van der Waals surface area (Å²) in [7, 11) is -2.43.